The summed E-state index contributed by atoms with van der Waals surface area (Å²) in [4.78, 5) is 59.5. The number of nitrogens with one attached hydrogen (secondary N) is 1. The van der Waals surface area contributed by atoms with Crippen molar-refractivity contribution < 1.29 is 14.4 Å². The molecular formula is C28H21ClN4O4S2. The van der Waals surface area contributed by atoms with Crippen molar-refractivity contribution in [3.05, 3.63) is 104 Å². The fraction of sp³-hybridized carbons (Fsp3) is 0.179. The van der Waals surface area contributed by atoms with Crippen molar-refractivity contribution in [3.8, 4) is 0 Å². The number of aryl methyl sites for hydroxylation is 1. The number of thioether (sulfide) groups is 1. The SMILES string of the molecule is Cc1ccc(N2C(=O)[C@H]3[C@H](c4cccnc4)c4sc(=O)n(CC(=O)Nc5ccc(Cl)cc5)c4S[C@H]3C2=O)cc1. The first kappa shape index (κ1) is 25.5. The Morgan fingerprint density at radius 3 is 2.46 bits per heavy atom. The summed E-state index contributed by atoms with van der Waals surface area (Å²) >= 11 is 8.11. The van der Waals surface area contributed by atoms with Crippen LogP contribution in [0.5, 0.6) is 0 Å². The van der Waals surface area contributed by atoms with E-state index in [1.165, 1.54) is 21.2 Å². The number of pyridine rings is 1. The van der Waals surface area contributed by atoms with Gasteiger partial charge in [0.15, 0.2) is 0 Å². The highest BCUT2D eigenvalue weighted by Crippen LogP contribution is 2.53. The molecule has 0 bridgehead atoms. The Labute approximate surface area is 236 Å². The number of benzene rings is 2. The minimum atomic E-state index is -0.754. The summed E-state index contributed by atoms with van der Waals surface area (Å²) in [6, 6.07) is 17.5. The lowest BCUT2D eigenvalue weighted by molar-refractivity contribution is -0.122. The maximum absolute atomic E-state index is 13.8. The molecule has 1 N–H and O–H groups in total. The van der Waals surface area contributed by atoms with Gasteiger partial charge in [-0.25, -0.2) is 4.90 Å². The monoisotopic (exact) mass is 576 g/mol. The Hall–Kier alpha value is -3.73. The molecule has 8 nitrogen and oxygen atoms in total. The zero-order valence-electron chi connectivity index (χ0n) is 20.5. The maximum atomic E-state index is 13.8. The van der Waals surface area contributed by atoms with Crippen LogP contribution in [0.4, 0.5) is 11.4 Å². The molecule has 0 aliphatic carbocycles. The molecule has 2 aromatic carbocycles. The molecule has 0 radical (unpaired) electrons. The number of amides is 3. The number of carbonyl (C=O) groups is 3. The Kier molecular flexibility index (Phi) is 6.62. The van der Waals surface area contributed by atoms with Crippen LogP contribution in [0.3, 0.4) is 0 Å². The van der Waals surface area contributed by atoms with E-state index in [1.54, 1.807) is 54.9 Å². The van der Waals surface area contributed by atoms with Gasteiger partial charge in [-0.2, -0.15) is 0 Å². The number of thiazole rings is 1. The third-order valence-corrected chi connectivity index (χ3v) is 9.67. The molecule has 2 aliphatic rings. The molecule has 1 saturated heterocycles. The number of carbonyl (C=O) groups excluding carboxylic acids is 3. The highest BCUT2D eigenvalue weighted by Gasteiger charge is 2.56. The van der Waals surface area contributed by atoms with Gasteiger partial charge in [-0.1, -0.05) is 58.5 Å². The van der Waals surface area contributed by atoms with Gasteiger partial charge in [0.1, 0.15) is 11.8 Å². The van der Waals surface area contributed by atoms with Gasteiger partial charge in [0.2, 0.25) is 17.7 Å². The predicted octanol–water partition coefficient (Wildman–Crippen LogP) is 4.70. The Morgan fingerprint density at radius 2 is 1.77 bits per heavy atom. The van der Waals surface area contributed by atoms with Crippen LogP contribution in [-0.4, -0.2) is 32.5 Å². The normalized spacial score (nSPS) is 20.1. The second-order valence-electron chi connectivity index (χ2n) is 9.35. The lowest BCUT2D eigenvalue weighted by Crippen LogP contribution is -2.33. The lowest BCUT2D eigenvalue weighted by Gasteiger charge is -2.30. The van der Waals surface area contributed by atoms with Crippen molar-refractivity contribution in [2.45, 2.75) is 29.7 Å². The Balaban J connectivity index is 1.39. The molecule has 39 heavy (non-hydrogen) atoms. The van der Waals surface area contributed by atoms with Crippen LogP contribution in [0.15, 0.2) is 82.9 Å². The van der Waals surface area contributed by atoms with Gasteiger partial charge < -0.3 is 5.32 Å². The van der Waals surface area contributed by atoms with Gasteiger partial charge in [-0.05, 0) is 55.0 Å². The molecule has 3 atom stereocenters. The van der Waals surface area contributed by atoms with Crippen molar-refractivity contribution in [1.29, 1.82) is 0 Å². The number of fused-ring (bicyclic) bond motifs is 2. The molecule has 3 amide bonds. The van der Waals surface area contributed by atoms with Crippen molar-refractivity contribution >= 4 is 63.8 Å². The van der Waals surface area contributed by atoms with E-state index in [-0.39, 0.29) is 23.2 Å². The predicted molar refractivity (Wildman–Crippen MR) is 152 cm³/mol. The van der Waals surface area contributed by atoms with Crippen molar-refractivity contribution in [2.75, 3.05) is 10.2 Å². The number of aromatic nitrogens is 2. The van der Waals surface area contributed by atoms with Crippen LogP contribution in [0.25, 0.3) is 0 Å². The number of nitrogens with zero attached hydrogens (tertiary/aromatic N) is 3. The summed E-state index contributed by atoms with van der Waals surface area (Å²) in [5, 5.41) is 3.09. The molecule has 4 heterocycles. The van der Waals surface area contributed by atoms with E-state index in [4.69, 9.17) is 11.6 Å². The fourth-order valence-electron chi connectivity index (χ4n) is 5.00. The van der Waals surface area contributed by atoms with E-state index < -0.39 is 23.0 Å². The lowest BCUT2D eigenvalue weighted by atomic mass is 9.84. The molecule has 196 valence electrons. The van der Waals surface area contributed by atoms with Gasteiger partial charge in [-0.3, -0.25) is 28.7 Å². The summed E-state index contributed by atoms with van der Waals surface area (Å²) in [7, 11) is 0. The maximum Gasteiger partial charge on any atom is 0.308 e. The number of rotatable bonds is 5. The third-order valence-electron chi connectivity index (χ3n) is 6.81. The minimum Gasteiger partial charge on any atom is -0.325 e. The van der Waals surface area contributed by atoms with E-state index in [1.807, 2.05) is 25.1 Å². The molecule has 0 unspecified atom stereocenters. The van der Waals surface area contributed by atoms with Crippen LogP contribution in [0.1, 0.15) is 21.9 Å². The van der Waals surface area contributed by atoms with Crippen LogP contribution >= 0.6 is 34.7 Å². The fourth-order valence-corrected chi connectivity index (χ4v) is 7.90. The smallest absolute Gasteiger partial charge is 0.308 e. The number of halogens is 1. The molecule has 0 spiro atoms. The molecule has 0 saturated carbocycles. The van der Waals surface area contributed by atoms with Gasteiger partial charge in [-0.15, -0.1) is 0 Å². The van der Waals surface area contributed by atoms with E-state index >= 15 is 0 Å². The quantitative estimate of drug-likeness (QED) is 0.346. The van der Waals surface area contributed by atoms with E-state index in [0.29, 0.717) is 26.3 Å². The summed E-state index contributed by atoms with van der Waals surface area (Å²) < 4.78 is 1.39. The first-order chi connectivity index (χ1) is 18.8. The molecule has 2 aromatic heterocycles. The Bertz CT molecular complexity index is 1650. The highest BCUT2D eigenvalue weighted by atomic mass is 35.5. The number of imide groups is 1. The Morgan fingerprint density at radius 1 is 1.03 bits per heavy atom. The van der Waals surface area contributed by atoms with Crippen LogP contribution in [-0.2, 0) is 20.9 Å². The molecule has 6 rings (SSSR count). The molecule has 1 fully saturated rings. The number of hydrogen-bond donors (Lipinski definition) is 1. The van der Waals surface area contributed by atoms with Gasteiger partial charge >= 0.3 is 4.87 Å². The summed E-state index contributed by atoms with van der Waals surface area (Å²) in [6.45, 7) is 1.70. The van der Waals surface area contributed by atoms with E-state index in [0.717, 1.165) is 22.5 Å². The molecule has 11 heteroatoms. The van der Waals surface area contributed by atoms with Gasteiger partial charge in [0.05, 0.1) is 16.6 Å². The standard InChI is InChI=1S/C28H21ClN4O4S2/c1-15-4-10-19(11-5-15)33-25(35)22-21(16-3-2-12-30-13-16)24-27(38-23(22)26(33)36)32(28(37)39-24)14-20(34)31-18-8-6-17(29)7-9-18/h2-13,21-23H,14H2,1H3,(H,31,34)/t21-,22-,23+/m0/s1. The summed E-state index contributed by atoms with van der Waals surface area (Å²) in [6.07, 6.45) is 3.30. The minimum absolute atomic E-state index is 0.235. The number of hydrogen-bond acceptors (Lipinski definition) is 7. The topological polar surface area (TPSA) is 101 Å². The van der Waals surface area contributed by atoms with Crippen LogP contribution < -0.4 is 15.1 Å². The zero-order chi connectivity index (χ0) is 27.3. The largest absolute Gasteiger partial charge is 0.325 e. The van der Waals surface area contributed by atoms with Crippen molar-refractivity contribution in [1.82, 2.24) is 9.55 Å². The average molecular weight is 577 g/mol. The van der Waals surface area contributed by atoms with Crippen molar-refractivity contribution in [3.63, 3.8) is 0 Å². The highest BCUT2D eigenvalue weighted by molar-refractivity contribution is 8.00. The summed E-state index contributed by atoms with van der Waals surface area (Å²) in [5.41, 5.74) is 2.81. The summed E-state index contributed by atoms with van der Waals surface area (Å²) in [5.74, 6) is -2.31. The second kappa shape index (κ2) is 10.1. The van der Waals surface area contributed by atoms with Crippen LogP contribution in [0.2, 0.25) is 5.02 Å². The van der Waals surface area contributed by atoms with Gasteiger partial charge in [0.25, 0.3) is 0 Å². The average Bonchev–Trinajstić information content (AvgIpc) is 3.37. The van der Waals surface area contributed by atoms with E-state index in [9.17, 15) is 19.2 Å². The van der Waals surface area contributed by atoms with E-state index in [2.05, 4.69) is 10.3 Å². The molecular weight excluding hydrogens is 556 g/mol. The van der Waals surface area contributed by atoms with Crippen molar-refractivity contribution in [2.24, 2.45) is 5.92 Å². The first-order valence-electron chi connectivity index (χ1n) is 12.1. The second-order valence-corrected chi connectivity index (χ2v) is 11.9. The molecule has 4 aromatic rings. The molecule has 2 aliphatic heterocycles. The van der Waals surface area contributed by atoms with Gasteiger partial charge in [0, 0.05) is 33.9 Å². The third kappa shape index (κ3) is 4.58. The first-order valence-corrected chi connectivity index (χ1v) is 14.2. The number of anilines is 2. The van der Waals surface area contributed by atoms with Crippen LogP contribution in [0, 0.1) is 12.8 Å². The zero-order valence-corrected chi connectivity index (χ0v) is 22.9.